The van der Waals surface area contributed by atoms with Crippen LogP contribution in [0.4, 0.5) is 0 Å². The normalized spacial score (nSPS) is 13.0. The zero-order valence-corrected chi connectivity index (χ0v) is 19.3. The van der Waals surface area contributed by atoms with Crippen molar-refractivity contribution in [2.75, 3.05) is 13.2 Å². The first-order valence-electron chi connectivity index (χ1n) is 9.78. The number of rotatable bonds is 12. The van der Waals surface area contributed by atoms with E-state index in [0.29, 0.717) is 13.2 Å². The maximum Gasteiger partial charge on any atom is 0.271 e. The quantitative estimate of drug-likeness (QED) is 0.297. The van der Waals surface area contributed by atoms with E-state index in [9.17, 15) is 0 Å². The second-order valence-electron chi connectivity index (χ2n) is 7.17. The molecule has 0 spiro atoms. The molecule has 0 fully saturated rings. The van der Waals surface area contributed by atoms with Gasteiger partial charge in [-0.05, 0) is 29.9 Å². The maximum atomic E-state index is 6.94. The van der Waals surface area contributed by atoms with Crippen molar-refractivity contribution < 1.29 is 13.6 Å². The minimum absolute atomic E-state index is 0.0268. The van der Waals surface area contributed by atoms with Gasteiger partial charge in [0.1, 0.15) is 6.10 Å². The summed E-state index contributed by atoms with van der Waals surface area (Å²) in [5, 5.41) is 2.46. The predicted molar refractivity (Wildman–Crippen MR) is 123 cm³/mol. The third-order valence-electron chi connectivity index (χ3n) is 5.00. The number of hydrogen-bond acceptors (Lipinski definition) is 3. The molecule has 3 nitrogen and oxygen atoms in total. The van der Waals surface area contributed by atoms with Gasteiger partial charge >= 0.3 is 0 Å². The summed E-state index contributed by atoms with van der Waals surface area (Å²) in [6.45, 7) is 15.2. The Morgan fingerprint density at radius 2 is 1.43 bits per heavy atom. The molecule has 1 unspecified atom stereocenters. The first-order valence-corrected chi connectivity index (χ1v) is 15.6. The summed E-state index contributed by atoms with van der Waals surface area (Å²) in [5.74, 6) is 0. The van der Waals surface area contributed by atoms with Crippen LogP contribution in [0.1, 0.15) is 13.3 Å². The lowest BCUT2D eigenvalue weighted by Crippen LogP contribution is -2.77. The van der Waals surface area contributed by atoms with Crippen LogP contribution in [0.15, 0.2) is 86.2 Å². The number of hydrogen-bond donors (Lipinski definition) is 0. The molecule has 2 aromatic carbocycles. The SMILES string of the molecule is C=CCO[Si](C)(C)[Si](OCC(CC)OC=C)(c1ccccc1)c1ccccc1. The summed E-state index contributed by atoms with van der Waals surface area (Å²) < 4.78 is 19.1. The molecule has 0 bridgehead atoms. The minimum atomic E-state index is -2.67. The molecule has 28 heavy (non-hydrogen) atoms. The Hall–Kier alpha value is -1.93. The van der Waals surface area contributed by atoms with Crippen LogP contribution in [0.25, 0.3) is 0 Å². The van der Waals surface area contributed by atoms with Gasteiger partial charge in [0.05, 0.1) is 19.5 Å². The van der Waals surface area contributed by atoms with Crippen LogP contribution in [-0.4, -0.2) is 35.0 Å². The van der Waals surface area contributed by atoms with Crippen molar-refractivity contribution in [1.82, 2.24) is 0 Å². The van der Waals surface area contributed by atoms with Crippen molar-refractivity contribution in [2.45, 2.75) is 32.5 Å². The second kappa shape index (κ2) is 10.6. The van der Waals surface area contributed by atoms with Gasteiger partial charge in [0.2, 0.25) is 7.83 Å². The van der Waals surface area contributed by atoms with Crippen molar-refractivity contribution in [1.29, 1.82) is 0 Å². The zero-order valence-electron chi connectivity index (χ0n) is 17.3. The Kier molecular flexibility index (Phi) is 8.44. The molecule has 0 aliphatic heterocycles. The van der Waals surface area contributed by atoms with Gasteiger partial charge in [-0.1, -0.05) is 80.2 Å². The fourth-order valence-electron chi connectivity index (χ4n) is 3.52. The summed E-state index contributed by atoms with van der Waals surface area (Å²) in [6.07, 6.45) is 4.15. The smallest absolute Gasteiger partial charge is 0.271 e. The molecule has 0 saturated heterocycles. The van der Waals surface area contributed by atoms with Crippen molar-refractivity contribution >= 4 is 26.0 Å². The average Bonchev–Trinajstić information content (AvgIpc) is 2.73. The fourth-order valence-corrected chi connectivity index (χ4v) is 15.8. The van der Waals surface area contributed by atoms with Crippen LogP contribution in [0.3, 0.4) is 0 Å². The van der Waals surface area contributed by atoms with Gasteiger partial charge in [0, 0.05) is 0 Å². The Morgan fingerprint density at radius 3 is 1.86 bits per heavy atom. The van der Waals surface area contributed by atoms with E-state index in [1.165, 1.54) is 16.6 Å². The molecule has 0 aliphatic rings. The highest BCUT2D eigenvalue weighted by molar-refractivity contribution is 7.46. The lowest BCUT2D eigenvalue weighted by atomic mass is 10.3. The van der Waals surface area contributed by atoms with E-state index < -0.39 is 15.7 Å². The summed E-state index contributed by atoms with van der Waals surface area (Å²) in [5.41, 5.74) is 0. The highest BCUT2D eigenvalue weighted by atomic mass is 29.3. The van der Waals surface area contributed by atoms with Crippen molar-refractivity contribution in [3.05, 3.63) is 86.2 Å². The van der Waals surface area contributed by atoms with E-state index in [1.807, 2.05) is 18.2 Å². The maximum absolute atomic E-state index is 6.94. The molecular formula is C23H32O3Si2. The van der Waals surface area contributed by atoms with Gasteiger partial charge in [-0.15, -0.1) is 6.58 Å². The van der Waals surface area contributed by atoms with E-state index in [1.54, 1.807) is 0 Å². The molecule has 1 atom stereocenters. The van der Waals surface area contributed by atoms with Gasteiger partial charge < -0.3 is 13.6 Å². The second-order valence-corrected chi connectivity index (χ2v) is 19.0. The lowest BCUT2D eigenvalue weighted by molar-refractivity contribution is 0.0851. The Balaban J connectivity index is 2.61. The largest absolute Gasteiger partial charge is 0.496 e. The summed E-state index contributed by atoms with van der Waals surface area (Å²) in [6, 6.07) is 21.1. The summed E-state index contributed by atoms with van der Waals surface area (Å²) >= 11 is 0. The summed E-state index contributed by atoms with van der Waals surface area (Å²) in [7, 11) is -4.99. The van der Waals surface area contributed by atoms with Gasteiger partial charge in [0.25, 0.3) is 7.83 Å². The third kappa shape index (κ3) is 4.91. The molecule has 0 N–H and O–H groups in total. The van der Waals surface area contributed by atoms with Crippen LogP contribution in [-0.2, 0) is 13.6 Å². The topological polar surface area (TPSA) is 27.7 Å². The minimum Gasteiger partial charge on any atom is -0.496 e. The lowest BCUT2D eigenvalue weighted by Gasteiger charge is -2.43. The third-order valence-corrected chi connectivity index (χ3v) is 18.2. The van der Waals surface area contributed by atoms with Crippen LogP contribution < -0.4 is 10.4 Å². The molecule has 150 valence electrons. The highest BCUT2D eigenvalue weighted by Crippen LogP contribution is 2.24. The van der Waals surface area contributed by atoms with Gasteiger partial charge in [0.15, 0.2) is 0 Å². The molecule has 0 aliphatic carbocycles. The summed E-state index contributed by atoms with van der Waals surface area (Å²) in [4.78, 5) is 0. The Labute approximate surface area is 171 Å². The van der Waals surface area contributed by atoms with Crippen molar-refractivity contribution in [3.63, 3.8) is 0 Å². The molecule has 5 heteroatoms. The first kappa shape index (κ1) is 22.4. The van der Waals surface area contributed by atoms with E-state index in [-0.39, 0.29) is 6.10 Å². The molecule has 0 saturated carbocycles. The average molecular weight is 413 g/mol. The van der Waals surface area contributed by atoms with Crippen molar-refractivity contribution in [2.24, 2.45) is 0 Å². The van der Waals surface area contributed by atoms with Crippen molar-refractivity contribution in [3.8, 4) is 0 Å². The Morgan fingerprint density at radius 1 is 0.893 bits per heavy atom. The van der Waals surface area contributed by atoms with Crippen LogP contribution in [0, 0.1) is 0 Å². The first-order chi connectivity index (χ1) is 13.5. The number of ether oxygens (including phenoxy) is 1. The van der Waals surface area contributed by atoms with E-state index in [2.05, 4.69) is 81.7 Å². The standard InChI is InChI=1S/C23H32O3Si2/c1-6-19-25-27(4,5)28(22-15-11-9-12-16-22,23-17-13-10-14-18-23)26-20-21(7-2)24-8-3/h6,8-18,21H,1,3,7,19-20H2,2,4-5H3. The Bertz CT molecular complexity index is 693. The monoisotopic (exact) mass is 412 g/mol. The van der Waals surface area contributed by atoms with Gasteiger partial charge in [-0.3, -0.25) is 0 Å². The fraction of sp³-hybridized carbons (Fsp3) is 0.304. The molecule has 0 amide bonds. The molecule has 0 aromatic heterocycles. The molecule has 0 heterocycles. The molecular weight excluding hydrogens is 380 g/mol. The van der Waals surface area contributed by atoms with E-state index >= 15 is 0 Å². The van der Waals surface area contributed by atoms with Crippen LogP contribution in [0.5, 0.6) is 0 Å². The van der Waals surface area contributed by atoms with E-state index in [4.69, 9.17) is 13.6 Å². The molecule has 2 rings (SSSR count). The van der Waals surface area contributed by atoms with Crippen LogP contribution >= 0.6 is 0 Å². The number of benzene rings is 2. The van der Waals surface area contributed by atoms with Crippen LogP contribution in [0.2, 0.25) is 13.1 Å². The molecule has 2 aromatic rings. The predicted octanol–water partition coefficient (Wildman–Crippen LogP) is 4.19. The zero-order chi connectivity index (χ0) is 20.5. The van der Waals surface area contributed by atoms with Gasteiger partial charge in [-0.2, -0.15) is 0 Å². The van der Waals surface area contributed by atoms with Gasteiger partial charge in [-0.25, -0.2) is 0 Å². The van der Waals surface area contributed by atoms with E-state index in [0.717, 1.165) is 6.42 Å². The molecule has 0 radical (unpaired) electrons. The highest BCUT2D eigenvalue weighted by Gasteiger charge is 2.56.